The molecule has 56 valence electrons. The summed E-state index contributed by atoms with van der Waals surface area (Å²) >= 11 is 0. The van der Waals surface area contributed by atoms with E-state index in [1.165, 1.54) is 4.90 Å². The highest BCUT2D eigenvalue weighted by molar-refractivity contribution is 5.92. The van der Waals surface area contributed by atoms with Crippen molar-refractivity contribution in [1.82, 2.24) is 4.90 Å². The Balaban J connectivity index is 3.97. The maximum Gasteiger partial charge on any atom is 0.298 e. The van der Waals surface area contributed by atoms with Crippen molar-refractivity contribution in [1.29, 1.82) is 0 Å². The molecule has 0 rings (SSSR count). The SMILES string of the molecule is C#CC(=O)N(C)[C@H](C)CO. The summed E-state index contributed by atoms with van der Waals surface area (Å²) in [6, 6.07) is -0.205. The molecule has 0 bridgehead atoms. The van der Waals surface area contributed by atoms with Crippen LogP contribution >= 0.6 is 0 Å². The number of nitrogens with zero attached hydrogens (tertiary/aromatic N) is 1. The van der Waals surface area contributed by atoms with Gasteiger partial charge in [-0.3, -0.25) is 4.79 Å². The van der Waals surface area contributed by atoms with Crippen molar-refractivity contribution in [3.63, 3.8) is 0 Å². The standard InChI is InChI=1S/C7H11NO2/c1-4-7(10)8(3)6(2)5-9/h1,6,9H,5H2,2-3H3/t6-/m1/s1. The Morgan fingerprint density at radius 3 is 2.70 bits per heavy atom. The van der Waals surface area contributed by atoms with E-state index in [9.17, 15) is 4.79 Å². The van der Waals surface area contributed by atoms with Crippen LogP contribution in [0.15, 0.2) is 0 Å². The number of amides is 1. The van der Waals surface area contributed by atoms with Gasteiger partial charge in [0.1, 0.15) is 0 Å². The molecule has 1 N–H and O–H groups in total. The average molecular weight is 141 g/mol. The Bertz CT molecular complexity index is 159. The zero-order valence-electron chi connectivity index (χ0n) is 6.16. The van der Waals surface area contributed by atoms with Crippen LogP contribution < -0.4 is 0 Å². The van der Waals surface area contributed by atoms with E-state index < -0.39 is 5.91 Å². The molecule has 0 aliphatic rings. The molecule has 0 heterocycles. The van der Waals surface area contributed by atoms with E-state index in [0.29, 0.717) is 0 Å². The molecule has 0 unspecified atom stereocenters. The molecule has 0 saturated carbocycles. The molecular formula is C7H11NO2. The van der Waals surface area contributed by atoms with E-state index in [4.69, 9.17) is 11.5 Å². The van der Waals surface area contributed by atoms with Crippen molar-refractivity contribution in [3.8, 4) is 12.3 Å². The molecular weight excluding hydrogens is 130 g/mol. The van der Waals surface area contributed by atoms with E-state index in [0.717, 1.165) is 0 Å². The summed E-state index contributed by atoms with van der Waals surface area (Å²) in [6.07, 6.45) is 4.84. The summed E-state index contributed by atoms with van der Waals surface area (Å²) in [7, 11) is 1.56. The third kappa shape index (κ3) is 2.08. The highest BCUT2D eigenvalue weighted by Gasteiger charge is 2.11. The van der Waals surface area contributed by atoms with Gasteiger partial charge in [0, 0.05) is 7.05 Å². The van der Waals surface area contributed by atoms with Crippen LogP contribution in [0.5, 0.6) is 0 Å². The van der Waals surface area contributed by atoms with Crippen LogP contribution in [-0.2, 0) is 4.79 Å². The van der Waals surface area contributed by atoms with Crippen LogP contribution in [0, 0.1) is 12.3 Å². The van der Waals surface area contributed by atoms with Gasteiger partial charge in [0.25, 0.3) is 5.91 Å². The zero-order chi connectivity index (χ0) is 8.15. The number of hydrogen-bond donors (Lipinski definition) is 1. The van der Waals surface area contributed by atoms with Gasteiger partial charge in [0.15, 0.2) is 0 Å². The number of hydrogen-bond acceptors (Lipinski definition) is 2. The molecule has 1 atom stereocenters. The van der Waals surface area contributed by atoms with Crippen LogP contribution in [0.4, 0.5) is 0 Å². The smallest absolute Gasteiger partial charge is 0.298 e. The van der Waals surface area contributed by atoms with Gasteiger partial charge in [-0.1, -0.05) is 0 Å². The molecule has 0 fully saturated rings. The normalized spacial score (nSPS) is 11.8. The second-order valence-corrected chi connectivity index (χ2v) is 2.09. The van der Waals surface area contributed by atoms with Crippen molar-refractivity contribution >= 4 is 5.91 Å². The maximum absolute atomic E-state index is 10.7. The molecule has 10 heavy (non-hydrogen) atoms. The second-order valence-electron chi connectivity index (χ2n) is 2.09. The lowest BCUT2D eigenvalue weighted by Crippen LogP contribution is -2.36. The first-order valence-corrected chi connectivity index (χ1v) is 2.97. The quantitative estimate of drug-likeness (QED) is 0.525. The van der Waals surface area contributed by atoms with E-state index in [2.05, 4.69) is 0 Å². The zero-order valence-corrected chi connectivity index (χ0v) is 6.16. The lowest BCUT2D eigenvalue weighted by molar-refractivity contribution is -0.126. The monoisotopic (exact) mass is 141 g/mol. The first-order chi connectivity index (χ1) is 4.63. The number of aliphatic hydroxyl groups excluding tert-OH is 1. The van der Waals surface area contributed by atoms with Gasteiger partial charge in [-0.05, 0) is 12.8 Å². The van der Waals surface area contributed by atoms with Crippen LogP contribution in [0.1, 0.15) is 6.92 Å². The van der Waals surface area contributed by atoms with Gasteiger partial charge in [-0.2, -0.15) is 0 Å². The largest absolute Gasteiger partial charge is 0.394 e. The maximum atomic E-state index is 10.7. The number of likely N-dealkylation sites (N-methyl/N-ethyl adjacent to an activating group) is 1. The summed E-state index contributed by atoms with van der Waals surface area (Å²) in [6.45, 7) is 1.65. The number of terminal acetylenes is 1. The number of carbonyl (C=O) groups excluding carboxylic acids is 1. The topological polar surface area (TPSA) is 40.5 Å². The summed E-state index contributed by atoms with van der Waals surface area (Å²) in [5, 5.41) is 8.59. The fraction of sp³-hybridized carbons (Fsp3) is 0.571. The Morgan fingerprint density at radius 2 is 2.40 bits per heavy atom. The predicted molar refractivity (Wildman–Crippen MR) is 38.2 cm³/mol. The molecule has 3 nitrogen and oxygen atoms in total. The van der Waals surface area contributed by atoms with Crippen LogP contribution in [0.25, 0.3) is 0 Å². The number of rotatable bonds is 2. The number of carbonyl (C=O) groups is 1. The molecule has 0 aliphatic heterocycles. The Kier molecular flexibility index (Phi) is 3.52. The van der Waals surface area contributed by atoms with E-state index >= 15 is 0 Å². The Labute approximate surface area is 60.6 Å². The van der Waals surface area contributed by atoms with Gasteiger partial charge in [0.2, 0.25) is 0 Å². The van der Waals surface area contributed by atoms with Crippen LogP contribution in [0.3, 0.4) is 0 Å². The van der Waals surface area contributed by atoms with Crippen molar-refractivity contribution in [2.45, 2.75) is 13.0 Å². The molecule has 0 radical (unpaired) electrons. The summed E-state index contributed by atoms with van der Waals surface area (Å²) in [4.78, 5) is 12.0. The Morgan fingerprint density at radius 1 is 1.90 bits per heavy atom. The predicted octanol–water partition coefficient (Wildman–Crippen LogP) is -0.541. The molecule has 0 aromatic rings. The molecule has 0 aromatic carbocycles. The first kappa shape index (κ1) is 8.99. The Hall–Kier alpha value is -1.01. The molecule has 0 spiro atoms. The third-order valence-electron chi connectivity index (χ3n) is 1.37. The highest BCUT2D eigenvalue weighted by atomic mass is 16.3. The van der Waals surface area contributed by atoms with E-state index in [1.54, 1.807) is 14.0 Å². The van der Waals surface area contributed by atoms with Crippen molar-refractivity contribution in [2.75, 3.05) is 13.7 Å². The highest BCUT2D eigenvalue weighted by Crippen LogP contribution is 1.92. The minimum Gasteiger partial charge on any atom is -0.394 e. The van der Waals surface area contributed by atoms with E-state index in [1.807, 2.05) is 5.92 Å². The summed E-state index contributed by atoms with van der Waals surface area (Å²) < 4.78 is 0. The lowest BCUT2D eigenvalue weighted by atomic mass is 10.3. The molecule has 3 heteroatoms. The minimum absolute atomic E-state index is 0.0656. The molecule has 0 aliphatic carbocycles. The molecule has 0 aromatic heterocycles. The molecule has 1 amide bonds. The van der Waals surface area contributed by atoms with Gasteiger partial charge in [-0.25, -0.2) is 0 Å². The third-order valence-corrected chi connectivity index (χ3v) is 1.37. The van der Waals surface area contributed by atoms with E-state index in [-0.39, 0.29) is 12.6 Å². The first-order valence-electron chi connectivity index (χ1n) is 2.97. The average Bonchev–Trinajstić information content (AvgIpc) is 2.00. The van der Waals surface area contributed by atoms with Gasteiger partial charge >= 0.3 is 0 Å². The number of aliphatic hydroxyl groups is 1. The second kappa shape index (κ2) is 3.91. The summed E-state index contributed by atoms with van der Waals surface area (Å²) in [5.74, 6) is 1.55. The van der Waals surface area contributed by atoms with Crippen LogP contribution in [-0.4, -0.2) is 35.6 Å². The van der Waals surface area contributed by atoms with Gasteiger partial charge < -0.3 is 10.0 Å². The minimum atomic E-state index is -0.401. The fourth-order valence-corrected chi connectivity index (χ4v) is 0.424. The molecule has 0 saturated heterocycles. The van der Waals surface area contributed by atoms with Crippen molar-refractivity contribution < 1.29 is 9.90 Å². The van der Waals surface area contributed by atoms with Gasteiger partial charge in [0.05, 0.1) is 12.6 Å². The van der Waals surface area contributed by atoms with Gasteiger partial charge in [-0.15, -0.1) is 6.42 Å². The van der Waals surface area contributed by atoms with Crippen molar-refractivity contribution in [2.24, 2.45) is 0 Å². The summed E-state index contributed by atoms with van der Waals surface area (Å²) in [5.41, 5.74) is 0. The lowest BCUT2D eigenvalue weighted by Gasteiger charge is -2.19. The van der Waals surface area contributed by atoms with Crippen molar-refractivity contribution in [3.05, 3.63) is 0 Å². The van der Waals surface area contributed by atoms with Crippen LogP contribution in [0.2, 0.25) is 0 Å². The fourth-order valence-electron chi connectivity index (χ4n) is 0.424.